The summed E-state index contributed by atoms with van der Waals surface area (Å²) >= 11 is 0. The van der Waals surface area contributed by atoms with Gasteiger partial charge in [-0.1, -0.05) is 39.3 Å². The van der Waals surface area contributed by atoms with Crippen LogP contribution in [0, 0.1) is 5.82 Å². The molecule has 1 N–H and O–H groups in total. The molecule has 0 aromatic carbocycles. The minimum Gasteiger partial charge on any atom is -0.407 e. The van der Waals surface area contributed by atoms with E-state index in [0.29, 0.717) is 0 Å². The third-order valence-corrected chi connectivity index (χ3v) is 9.43. The number of aromatic amines is 1. The lowest BCUT2D eigenvalue weighted by atomic mass is 10.6. The number of H-pyrrole nitrogens is 1. The van der Waals surface area contributed by atoms with Crippen molar-refractivity contribution in [2.45, 2.75) is 39.3 Å². The van der Waals surface area contributed by atoms with Gasteiger partial charge in [0.1, 0.15) is 16.5 Å². The minimum absolute atomic E-state index is 0.215. The van der Waals surface area contributed by atoms with Crippen molar-refractivity contribution in [3.63, 3.8) is 0 Å². The fraction of sp³-hybridized carbons (Fsp3) is 0.600. The van der Waals surface area contributed by atoms with Crippen molar-refractivity contribution in [3.8, 4) is 0 Å². The zero-order valence-corrected chi connectivity index (χ0v) is 13.3. The summed E-state index contributed by atoms with van der Waals surface area (Å²) in [4.78, 5) is 17.3. The fourth-order valence-electron chi connectivity index (χ4n) is 2.17. The summed E-state index contributed by atoms with van der Waals surface area (Å²) in [6, 6.07) is 0. The van der Waals surface area contributed by atoms with E-state index in [9.17, 15) is 9.18 Å². The first-order chi connectivity index (χ1) is 7.53. The van der Waals surface area contributed by atoms with Crippen LogP contribution in [0.1, 0.15) is 0 Å². The van der Waals surface area contributed by atoms with Crippen LogP contribution < -0.4 is 9.92 Å². The average molecular weight is 273 g/mol. The van der Waals surface area contributed by atoms with Gasteiger partial charge in [-0.15, -0.1) is 0 Å². The van der Waals surface area contributed by atoms with Gasteiger partial charge < -0.3 is 9.22 Å². The monoisotopic (exact) mass is 273 g/mol. The highest BCUT2D eigenvalue weighted by Crippen LogP contribution is 2.27. The average Bonchev–Trinajstić information content (AvgIpc) is 2.06. The Labute approximate surface area is 103 Å². The normalized spacial score (nSPS) is 12.6. The van der Waals surface area contributed by atoms with Crippen molar-refractivity contribution in [2.24, 2.45) is 0 Å². The lowest BCUT2D eigenvalue weighted by molar-refractivity contribution is 0.613. The number of nitrogens with zero attached hydrogens (tertiary/aromatic N) is 2. The maximum Gasteiger partial charge on any atom is 0.347 e. The van der Waals surface area contributed by atoms with Crippen molar-refractivity contribution in [2.75, 3.05) is 4.23 Å². The van der Waals surface area contributed by atoms with Crippen LogP contribution in [0.2, 0.25) is 39.3 Å². The van der Waals surface area contributed by atoms with Gasteiger partial charge in [-0.05, 0) is 0 Å². The Kier molecular flexibility index (Phi) is 3.63. The molecule has 0 fully saturated rings. The van der Waals surface area contributed by atoms with Crippen molar-refractivity contribution in [1.82, 2.24) is 9.97 Å². The van der Waals surface area contributed by atoms with E-state index in [-0.39, 0.29) is 5.82 Å². The highest BCUT2D eigenvalue weighted by atomic mass is 28.4. The topological polar surface area (TPSA) is 49.0 Å². The molecular formula is C10H20FN3OSi2. The molecule has 0 aliphatic heterocycles. The number of hydrogen-bond acceptors (Lipinski definition) is 3. The van der Waals surface area contributed by atoms with Gasteiger partial charge in [-0.25, -0.2) is 9.18 Å². The molecule has 1 aromatic rings. The third-order valence-electron chi connectivity index (χ3n) is 2.30. The van der Waals surface area contributed by atoms with Crippen molar-refractivity contribution >= 4 is 22.3 Å². The number of rotatable bonds is 3. The summed E-state index contributed by atoms with van der Waals surface area (Å²) in [6.45, 7) is 12.8. The van der Waals surface area contributed by atoms with E-state index in [1.54, 1.807) is 0 Å². The van der Waals surface area contributed by atoms with Crippen LogP contribution in [0.3, 0.4) is 0 Å². The Morgan fingerprint density at radius 2 is 1.65 bits per heavy atom. The maximum absolute atomic E-state index is 13.9. The molecule has 0 spiro atoms. The second kappa shape index (κ2) is 4.37. The van der Waals surface area contributed by atoms with Crippen LogP contribution in [0.5, 0.6) is 0 Å². The van der Waals surface area contributed by atoms with Gasteiger partial charge >= 0.3 is 5.69 Å². The molecule has 0 aliphatic rings. The summed E-state index contributed by atoms with van der Waals surface area (Å²) in [7, 11) is -3.55. The van der Waals surface area contributed by atoms with E-state index in [4.69, 9.17) is 0 Å². The Bertz CT molecular complexity index is 448. The summed E-state index contributed by atoms with van der Waals surface area (Å²) in [6.07, 6.45) is 1.10. The second-order valence-corrected chi connectivity index (χ2v) is 16.1. The third kappa shape index (κ3) is 3.25. The van der Waals surface area contributed by atoms with Gasteiger partial charge in [0.05, 0.1) is 0 Å². The molecular weight excluding hydrogens is 253 g/mol. The maximum atomic E-state index is 13.9. The van der Waals surface area contributed by atoms with Gasteiger partial charge in [0.15, 0.2) is 11.6 Å². The largest absolute Gasteiger partial charge is 0.407 e. The van der Waals surface area contributed by atoms with Gasteiger partial charge in [-0.3, -0.25) is 0 Å². The number of nitrogens with one attached hydrogen (secondary N) is 1. The van der Waals surface area contributed by atoms with Crippen LogP contribution in [0.25, 0.3) is 0 Å². The predicted octanol–water partition coefficient (Wildman–Crippen LogP) is 2.39. The lowest BCUT2D eigenvalue weighted by Crippen LogP contribution is -2.60. The molecule has 0 unspecified atom stereocenters. The van der Waals surface area contributed by atoms with E-state index >= 15 is 0 Å². The zero-order chi connectivity index (χ0) is 13.4. The first-order valence-corrected chi connectivity index (χ1v) is 12.5. The SMILES string of the molecule is C[Si](C)(C)N(c1nc(=O)[nH]cc1F)[Si](C)(C)C. The van der Waals surface area contributed by atoms with Crippen molar-refractivity contribution in [1.29, 1.82) is 0 Å². The van der Waals surface area contributed by atoms with Crippen molar-refractivity contribution in [3.05, 3.63) is 22.5 Å². The minimum atomic E-state index is -1.78. The quantitative estimate of drug-likeness (QED) is 0.860. The second-order valence-electron chi connectivity index (χ2n) is 6.05. The molecule has 7 heteroatoms. The lowest BCUT2D eigenvalue weighted by Gasteiger charge is -2.44. The van der Waals surface area contributed by atoms with E-state index in [1.165, 1.54) is 0 Å². The van der Waals surface area contributed by atoms with Gasteiger partial charge in [0.2, 0.25) is 0 Å². The number of aromatic nitrogens is 2. The molecule has 0 saturated carbocycles. The molecule has 1 rings (SSSR count). The molecule has 0 bridgehead atoms. The smallest absolute Gasteiger partial charge is 0.347 e. The summed E-state index contributed by atoms with van der Waals surface area (Å²) < 4.78 is 15.9. The van der Waals surface area contributed by atoms with Gasteiger partial charge in [-0.2, -0.15) is 4.98 Å². The molecule has 0 radical (unpaired) electrons. The highest BCUT2D eigenvalue weighted by Gasteiger charge is 2.37. The van der Waals surface area contributed by atoms with Crippen LogP contribution >= 0.6 is 0 Å². The summed E-state index contributed by atoms with van der Waals surface area (Å²) in [5, 5.41) is 0. The first-order valence-electron chi connectivity index (χ1n) is 5.59. The van der Waals surface area contributed by atoms with E-state index in [0.717, 1.165) is 6.20 Å². The molecule has 0 amide bonds. The van der Waals surface area contributed by atoms with E-state index < -0.39 is 28.0 Å². The van der Waals surface area contributed by atoms with Crippen LogP contribution in [0.4, 0.5) is 10.2 Å². The molecule has 0 aliphatic carbocycles. The zero-order valence-electron chi connectivity index (χ0n) is 11.3. The Morgan fingerprint density at radius 1 is 1.18 bits per heavy atom. The Balaban J connectivity index is 3.43. The van der Waals surface area contributed by atoms with Crippen molar-refractivity contribution < 1.29 is 4.39 Å². The summed E-state index contributed by atoms with van der Waals surface area (Å²) in [5.74, 6) is -0.235. The molecule has 1 heterocycles. The van der Waals surface area contributed by atoms with E-state index in [2.05, 4.69) is 53.5 Å². The fourth-order valence-corrected chi connectivity index (χ4v) is 11.8. The number of anilines is 1. The van der Waals surface area contributed by atoms with E-state index in [1.807, 2.05) is 0 Å². The first kappa shape index (κ1) is 14.1. The van der Waals surface area contributed by atoms with Crippen LogP contribution in [0.15, 0.2) is 11.0 Å². The number of halogens is 1. The molecule has 0 saturated heterocycles. The molecule has 4 nitrogen and oxygen atoms in total. The van der Waals surface area contributed by atoms with Crippen LogP contribution in [-0.4, -0.2) is 26.4 Å². The molecule has 96 valence electrons. The Hall–Kier alpha value is -0.956. The molecule has 0 atom stereocenters. The van der Waals surface area contributed by atoms with Gasteiger partial charge in [0, 0.05) is 6.20 Å². The summed E-state index contributed by atoms with van der Waals surface area (Å²) in [5.41, 5.74) is -0.497. The van der Waals surface area contributed by atoms with Gasteiger partial charge in [0.25, 0.3) is 0 Å². The van der Waals surface area contributed by atoms with Crippen LogP contribution in [-0.2, 0) is 0 Å². The highest BCUT2D eigenvalue weighted by molar-refractivity contribution is 6.99. The standard InChI is InChI=1S/C10H20FN3OSi2/c1-16(2,3)14(17(4,5)6)9-8(11)7-12-10(15)13-9/h7H,1-6H3,(H,12,13,15). The number of hydrogen-bond donors (Lipinski definition) is 1. The molecule has 17 heavy (non-hydrogen) atoms. The predicted molar refractivity (Wildman–Crippen MR) is 74.0 cm³/mol. The molecule has 1 aromatic heterocycles. The Morgan fingerprint density at radius 3 is 2.06 bits per heavy atom.